The van der Waals surface area contributed by atoms with Crippen molar-refractivity contribution in [2.75, 3.05) is 0 Å². The fraction of sp³-hybridized carbons (Fsp3) is 0.0909. The van der Waals surface area contributed by atoms with Gasteiger partial charge in [-0.1, -0.05) is 18.2 Å². The van der Waals surface area contributed by atoms with E-state index in [4.69, 9.17) is 0 Å². The average Bonchev–Trinajstić information content (AvgIpc) is 2.14. The van der Waals surface area contributed by atoms with Crippen LogP contribution < -0.4 is 0 Å². The summed E-state index contributed by atoms with van der Waals surface area (Å²) in [5.74, 6) is -1.04. The van der Waals surface area contributed by atoms with E-state index in [-0.39, 0.29) is 11.5 Å². The number of aryl methyl sites for hydroxylation is 1. The number of rotatable bonds is 0. The maximum atomic E-state index is 9.61. The molecule has 0 unspecified atom stereocenters. The van der Waals surface area contributed by atoms with Crippen molar-refractivity contribution >= 4 is 10.8 Å². The van der Waals surface area contributed by atoms with E-state index in [0.29, 0.717) is 10.8 Å². The SMILES string of the molecule is Cc1cccc2cc(O)c(O)c(O)c12. The van der Waals surface area contributed by atoms with Gasteiger partial charge in [-0.15, -0.1) is 0 Å². The van der Waals surface area contributed by atoms with Crippen LogP contribution in [-0.2, 0) is 0 Å². The van der Waals surface area contributed by atoms with Gasteiger partial charge in [0.1, 0.15) is 0 Å². The van der Waals surface area contributed by atoms with E-state index in [1.807, 2.05) is 19.1 Å². The average molecular weight is 190 g/mol. The van der Waals surface area contributed by atoms with Crippen molar-refractivity contribution in [2.45, 2.75) is 6.92 Å². The molecule has 3 nitrogen and oxygen atoms in total. The lowest BCUT2D eigenvalue weighted by molar-refractivity contribution is 0.371. The van der Waals surface area contributed by atoms with Gasteiger partial charge in [-0.25, -0.2) is 0 Å². The minimum Gasteiger partial charge on any atom is -0.504 e. The predicted molar refractivity (Wildman–Crippen MR) is 53.7 cm³/mol. The summed E-state index contributed by atoms with van der Waals surface area (Å²) in [7, 11) is 0. The first-order valence-corrected chi connectivity index (χ1v) is 4.24. The number of hydrogen-bond donors (Lipinski definition) is 3. The van der Waals surface area contributed by atoms with Crippen molar-refractivity contribution < 1.29 is 15.3 Å². The smallest absolute Gasteiger partial charge is 0.200 e. The topological polar surface area (TPSA) is 60.7 Å². The van der Waals surface area contributed by atoms with Crippen LogP contribution in [0.2, 0.25) is 0 Å². The molecule has 2 aromatic carbocycles. The molecule has 3 N–H and O–H groups in total. The summed E-state index contributed by atoms with van der Waals surface area (Å²) in [6, 6.07) is 6.85. The number of benzene rings is 2. The molecule has 0 aliphatic rings. The second-order valence-electron chi connectivity index (χ2n) is 3.27. The highest BCUT2D eigenvalue weighted by Crippen LogP contribution is 2.42. The molecular weight excluding hydrogens is 180 g/mol. The molecule has 0 bridgehead atoms. The maximum Gasteiger partial charge on any atom is 0.200 e. The van der Waals surface area contributed by atoms with Gasteiger partial charge in [0.05, 0.1) is 0 Å². The van der Waals surface area contributed by atoms with Crippen LogP contribution in [0.3, 0.4) is 0 Å². The molecule has 0 saturated carbocycles. The highest BCUT2D eigenvalue weighted by atomic mass is 16.3. The molecule has 0 aliphatic carbocycles. The van der Waals surface area contributed by atoms with E-state index in [1.165, 1.54) is 6.07 Å². The Hall–Kier alpha value is -1.90. The Morgan fingerprint density at radius 2 is 1.71 bits per heavy atom. The van der Waals surface area contributed by atoms with Crippen LogP contribution in [-0.4, -0.2) is 15.3 Å². The summed E-state index contributed by atoms with van der Waals surface area (Å²) in [4.78, 5) is 0. The van der Waals surface area contributed by atoms with Crippen LogP contribution in [0.15, 0.2) is 24.3 Å². The van der Waals surface area contributed by atoms with Crippen LogP contribution in [0.25, 0.3) is 10.8 Å². The second kappa shape index (κ2) is 2.80. The number of fused-ring (bicyclic) bond motifs is 1. The van der Waals surface area contributed by atoms with Gasteiger partial charge >= 0.3 is 0 Å². The second-order valence-corrected chi connectivity index (χ2v) is 3.27. The molecule has 0 saturated heterocycles. The van der Waals surface area contributed by atoms with Crippen LogP contribution in [0.1, 0.15) is 5.56 Å². The van der Waals surface area contributed by atoms with Crippen molar-refractivity contribution in [1.82, 2.24) is 0 Å². The molecule has 0 heterocycles. The maximum absolute atomic E-state index is 9.61. The third kappa shape index (κ3) is 1.06. The third-order valence-electron chi connectivity index (χ3n) is 2.30. The van der Waals surface area contributed by atoms with Gasteiger partial charge in [0.15, 0.2) is 11.5 Å². The number of phenolic OH excluding ortho intramolecular Hbond substituents is 3. The third-order valence-corrected chi connectivity index (χ3v) is 2.30. The Kier molecular flexibility index (Phi) is 1.74. The van der Waals surface area contributed by atoms with Crippen LogP contribution >= 0.6 is 0 Å². The summed E-state index contributed by atoms with van der Waals surface area (Å²) in [6.07, 6.45) is 0. The lowest BCUT2D eigenvalue weighted by Gasteiger charge is -2.07. The van der Waals surface area contributed by atoms with Gasteiger partial charge in [0, 0.05) is 5.39 Å². The van der Waals surface area contributed by atoms with E-state index in [0.717, 1.165) is 5.56 Å². The molecule has 0 fully saturated rings. The van der Waals surface area contributed by atoms with Gasteiger partial charge in [-0.2, -0.15) is 0 Å². The Bertz CT molecular complexity index is 503. The summed E-state index contributed by atoms with van der Waals surface area (Å²) < 4.78 is 0. The van der Waals surface area contributed by atoms with Crippen LogP contribution in [0.4, 0.5) is 0 Å². The number of aromatic hydroxyl groups is 3. The summed E-state index contributed by atoms with van der Waals surface area (Å²) in [5, 5.41) is 29.5. The van der Waals surface area contributed by atoms with E-state index in [9.17, 15) is 15.3 Å². The number of phenols is 3. The molecule has 0 atom stereocenters. The van der Waals surface area contributed by atoms with Crippen molar-refractivity contribution in [3.63, 3.8) is 0 Å². The zero-order valence-electron chi connectivity index (χ0n) is 7.65. The predicted octanol–water partition coefficient (Wildman–Crippen LogP) is 2.27. The normalized spacial score (nSPS) is 10.6. The minimum atomic E-state index is -0.466. The lowest BCUT2D eigenvalue weighted by Crippen LogP contribution is -1.80. The summed E-state index contributed by atoms with van der Waals surface area (Å²) in [5.41, 5.74) is 0.857. The fourth-order valence-corrected chi connectivity index (χ4v) is 1.59. The first-order valence-electron chi connectivity index (χ1n) is 4.24. The van der Waals surface area contributed by atoms with Gasteiger partial charge in [0.2, 0.25) is 5.75 Å². The Morgan fingerprint density at radius 1 is 1.00 bits per heavy atom. The standard InChI is InChI=1S/C11H10O3/c1-6-3-2-4-7-5-8(12)10(13)11(14)9(6)7/h2-5,12-14H,1H3. The molecule has 14 heavy (non-hydrogen) atoms. The van der Waals surface area contributed by atoms with E-state index < -0.39 is 5.75 Å². The lowest BCUT2D eigenvalue weighted by atomic mass is 10.0. The first-order chi connectivity index (χ1) is 6.61. The summed E-state index contributed by atoms with van der Waals surface area (Å²) >= 11 is 0. The van der Waals surface area contributed by atoms with Gasteiger partial charge in [0.25, 0.3) is 0 Å². The summed E-state index contributed by atoms with van der Waals surface area (Å²) in [6.45, 7) is 1.83. The zero-order valence-corrected chi connectivity index (χ0v) is 7.65. The van der Waals surface area contributed by atoms with Crippen molar-refractivity contribution in [3.05, 3.63) is 29.8 Å². The van der Waals surface area contributed by atoms with Crippen LogP contribution in [0, 0.1) is 6.92 Å². The molecule has 2 rings (SSSR count). The van der Waals surface area contributed by atoms with E-state index in [2.05, 4.69) is 0 Å². The molecule has 3 heteroatoms. The first kappa shape index (κ1) is 8.69. The van der Waals surface area contributed by atoms with Gasteiger partial charge in [-0.3, -0.25) is 0 Å². The van der Waals surface area contributed by atoms with E-state index in [1.54, 1.807) is 6.07 Å². The monoisotopic (exact) mass is 190 g/mol. The van der Waals surface area contributed by atoms with Gasteiger partial charge < -0.3 is 15.3 Å². The number of hydrogen-bond acceptors (Lipinski definition) is 3. The van der Waals surface area contributed by atoms with Crippen molar-refractivity contribution in [3.8, 4) is 17.2 Å². The highest BCUT2D eigenvalue weighted by molar-refractivity contribution is 5.94. The molecule has 0 radical (unpaired) electrons. The molecule has 0 aliphatic heterocycles. The van der Waals surface area contributed by atoms with Crippen molar-refractivity contribution in [2.24, 2.45) is 0 Å². The van der Waals surface area contributed by atoms with Gasteiger partial charge in [-0.05, 0) is 23.9 Å². The largest absolute Gasteiger partial charge is 0.504 e. The zero-order chi connectivity index (χ0) is 10.3. The van der Waals surface area contributed by atoms with Crippen LogP contribution in [0.5, 0.6) is 17.2 Å². The molecule has 2 aromatic rings. The minimum absolute atomic E-state index is 0.266. The van der Waals surface area contributed by atoms with Crippen molar-refractivity contribution in [1.29, 1.82) is 0 Å². The Morgan fingerprint density at radius 3 is 2.43 bits per heavy atom. The highest BCUT2D eigenvalue weighted by Gasteiger charge is 2.11. The molecule has 72 valence electrons. The quantitative estimate of drug-likeness (QED) is 0.558. The fourth-order valence-electron chi connectivity index (χ4n) is 1.59. The molecule has 0 aromatic heterocycles. The Labute approximate surface area is 80.9 Å². The van der Waals surface area contributed by atoms with E-state index >= 15 is 0 Å². The molecule has 0 spiro atoms. The Balaban J connectivity index is 2.99. The molecular formula is C11H10O3. The molecule has 0 amide bonds.